The Balaban J connectivity index is 2.13. The molecule has 1 aliphatic rings. The summed E-state index contributed by atoms with van der Waals surface area (Å²) in [6, 6.07) is 5.94. The quantitative estimate of drug-likeness (QED) is 0.932. The van der Waals surface area contributed by atoms with Crippen LogP contribution in [-0.2, 0) is 11.3 Å². The molecule has 0 aliphatic carbocycles. The minimum absolute atomic E-state index is 0.321. The largest absolute Gasteiger partial charge is 0.480 e. The van der Waals surface area contributed by atoms with Gasteiger partial charge in [-0.25, -0.2) is 0 Å². The van der Waals surface area contributed by atoms with Gasteiger partial charge in [-0.3, -0.25) is 9.69 Å². The van der Waals surface area contributed by atoms with Crippen molar-refractivity contribution in [2.75, 3.05) is 6.54 Å². The van der Waals surface area contributed by atoms with E-state index in [2.05, 4.69) is 46.0 Å². The number of carboxylic acid groups (broad SMARTS) is 1. The first kappa shape index (κ1) is 13.6. The Kier molecular flexibility index (Phi) is 4.40. The van der Waals surface area contributed by atoms with Gasteiger partial charge in [0.2, 0.25) is 0 Å². The molecule has 98 valence electrons. The van der Waals surface area contributed by atoms with Crippen LogP contribution < -0.4 is 0 Å². The molecule has 1 saturated heterocycles. The normalized spacial score (nSPS) is 20.9. The number of piperidine rings is 1. The number of aryl methyl sites for hydroxylation is 1. The Hall–Kier alpha value is -0.870. The number of rotatable bonds is 3. The van der Waals surface area contributed by atoms with Crippen molar-refractivity contribution in [3.05, 3.63) is 33.8 Å². The van der Waals surface area contributed by atoms with Crippen molar-refractivity contribution in [1.29, 1.82) is 0 Å². The van der Waals surface area contributed by atoms with Gasteiger partial charge in [0.1, 0.15) is 6.04 Å². The third-order valence-electron chi connectivity index (χ3n) is 3.39. The first-order valence-corrected chi connectivity index (χ1v) is 7.08. The van der Waals surface area contributed by atoms with Crippen molar-refractivity contribution in [2.24, 2.45) is 0 Å². The van der Waals surface area contributed by atoms with Crippen LogP contribution in [0.4, 0.5) is 0 Å². The number of benzene rings is 1. The van der Waals surface area contributed by atoms with E-state index in [9.17, 15) is 9.90 Å². The molecule has 1 aromatic rings. The zero-order valence-electron chi connectivity index (χ0n) is 10.5. The van der Waals surface area contributed by atoms with Gasteiger partial charge in [-0.15, -0.1) is 0 Å². The Bertz CT molecular complexity index is 427. The molecule has 0 bridgehead atoms. The van der Waals surface area contributed by atoms with E-state index >= 15 is 0 Å². The van der Waals surface area contributed by atoms with Gasteiger partial charge in [-0.2, -0.15) is 0 Å². The second kappa shape index (κ2) is 5.85. The average Bonchev–Trinajstić information content (AvgIpc) is 2.27. The molecule has 4 heteroatoms. The fourth-order valence-corrected chi connectivity index (χ4v) is 3.25. The molecule has 2 rings (SSSR count). The average molecular weight is 312 g/mol. The van der Waals surface area contributed by atoms with Gasteiger partial charge in [-0.05, 0) is 49.6 Å². The van der Waals surface area contributed by atoms with E-state index in [0.717, 1.165) is 36.8 Å². The lowest BCUT2D eigenvalue weighted by Gasteiger charge is -2.32. The number of likely N-dealkylation sites (tertiary alicyclic amines) is 1. The Morgan fingerprint density at radius 2 is 2.22 bits per heavy atom. The number of nitrogens with zero attached hydrogens (tertiary/aromatic N) is 1. The van der Waals surface area contributed by atoms with Crippen LogP contribution >= 0.6 is 15.9 Å². The molecule has 1 unspecified atom stereocenters. The van der Waals surface area contributed by atoms with Crippen molar-refractivity contribution in [1.82, 2.24) is 4.90 Å². The van der Waals surface area contributed by atoms with Crippen LogP contribution in [0.3, 0.4) is 0 Å². The Morgan fingerprint density at radius 3 is 2.89 bits per heavy atom. The zero-order chi connectivity index (χ0) is 13.1. The lowest BCUT2D eigenvalue weighted by Crippen LogP contribution is -2.44. The fourth-order valence-electron chi connectivity index (χ4n) is 2.60. The van der Waals surface area contributed by atoms with Crippen molar-refractivity contribution < 1.29 is 9.90 Å². The molecule has 1 aromatic carbocycles. The van der Waals surface area contributed by atoms with E-state index < -0.39 is 5.97 Å². The molecule has 0 spiro atoms. The number of hydrogen-bond donors (Lipinski definition) is 1. The minimum Gasteiger partial charge on any atom is -0.480 e. The van der Waals surface area contributed by atoms with E-state index in [4.69, 9.17) is 0 Å². The Morgan fingerprint density at radius 1 is 1.44 bits per heavy atom. The lowest BCUT2D eigenvalue weighted by atomic mass is 10.0. The van der Waals surface area contributed by atoms with Crippen molar-refractivity contribution >= 4 is 21.9 Å². The molecule has 18 heavy (non-hydrogen) atoms. The minimum atomic E-state index is -0.693. The SMILES string of the molecule is Cc1cc(Br)cc(CN2CCCCC2C(=O)O)c1. The molecule has 1 aliphatic heterocycles. The summed E-state index contributed by atoms with van der Waals surface area (Å²) in [6.45, 7) is 3.65. The Labute approximate surface area is 116 Å². The molecule has 1 fully saturated rings. The summed E-state index contributed by atoms with van der Waals surface area (Å²) in [5.74, 6) is -0.693. The maximum Gasteiger partial charge on any atom is 0.320 e. The molecular formula is C14H18BrNO2. The summed E-state index contributed by atoms with van der Waals surface area (Å²) in [4.78, 5) is 13.3. The van der Waals surface area contributed by atoms with Crippen LogP contribution in [0.2, 0.25) is 0 Å². The van der Waals surface area contributed by atoms with E-state index in [1.54, 1.807) is 0 Å². The van der Waals surface area contributed by atoms with Crippen molar-refractivity contribution in [3.63, 3.8) is 0 Å². The number of hydrogen-bond acceptors (Lipinski definition) is 2. The van der Waals surface area contributed by atoms with E-state index in [1.807, 2.05) is 0 Å². The molecule has 1 heterocycles. The zero-order valence-corrected chi connectivity index (χ0v) is 12.1. The summed E-state index contributed by atoms with van der Waals surface area (Å²) in [6.07, 6.45) is 2.88. The predicted octanol–water partition coefficient (Wildman–Crippen LogP) is 3.20. The van der Waals surface area contributed by atoms with E-state index in [1.165, 1.54) is 11.1 Å². The monoisotopic (exact) mass is 311 g/mol. The van der Waals surface area contributed by atoms with Crippen LogP contribution in [0.5, 0.6) is 0 Å². The molecule has 0 aromatic heterocycles. The molecule has 1 N–H and O–H groups in total. The van der Waals surface area contributed by atoms with Gasteiger partial charge in [-0.1, -0.05) is 28.4 Å². The maximum absolute atomic E-state index is 11.2. The standard InChI is InChI=1S/C14H18BrNO2/c1-10-6-11(8-12(15)7-10)9-16-5-3-2-4-13(16)14(17)18/h6-8,13H,2-5,9H2,1H3,(H,17,18). The molecule has 0 saturated carbocycles. The van der Waals surface area contributed by atoms with Crippen LogP contribution in [0.1, 0.15) is 30.4 Å². The van der Waals surface area contributed by atoms with Crippen LogP contribution in [-0.4, -0.2) is 28.6 Å². The second-order valence-electron chi connectivity index (χ2n) is 4.96. The highest BCUT2D eigenvalue weighted by Crippen LogP contribution is 2.22. The third kappa shape index (κ3) is 3.33. The van der Waals surface area contributed by atoms with Gasteiger partial charge in [0.05, 0.1) is 0 Å². The smallest absolute Gasteiger partial charge is 0.320 e. The highest BCUT2D eigenvalue weighted by Gasteiger charge is 2.28. The van der Waals surface area contributed by atoms with Crippen molar-refractivity contribution in [2.45, 2.75) is 38.8 Å². The maximum atomic E-state index is 11.2. The van der Waals surface area contributed by atoms with Gasteiger partial charge >= 0.3 is 5.97 Å². The summed E-state index contributed by atoms with van der Waals surface area (Å²) in [7, 11) is 0. The third-order valence-corrected chi connectivity index (χ3v) is 3.84. The topological polar surface area (TPSA) is 40.5 Å². The van der Waals surface area contributed by atoms with Crippen LogP contribution in [0.15, 0.2) is 22.7 Å². The molecule has 3 nitrogen and oxygen atoms in total. The number of carboxylic acids is 1. The van der Waals surface area contributed by atoms with Gasteiger partial charge in [0, 0.05) is 11.0 Å². The second-order valence-corrected chi connectivity index (χ2v) is 5.87. The van der Waals surface area contributed by atoms with Gasteiger partial charge in [0.25, 0.3) is 0 Å². The molecule has 1 atom stereocenters. The summed E-state index contributed by atoms with van der Waals surface area (Å²) in [5, 5.41) is 9.24. The first-order chi connectivity index (χ1) is 8.56. The molecule has 0 amide bonds. The fraction of sp³-hybridized carbons (Fsp3) is 0.500. The highest BCUT2D eigenvalue weighted by atomic mass is 79.9. The lowest BCUT2D eigenvalue weighted by molar-refractivity contribution is -0.144. The van der Waals surface area contributed by atoms with Crippen LogP contribution in [0.25, 0.3) is 0 Å². The summed E-state index contributed by atoms with van der Waals surface area (Å²) >= 11 is 3.49. The first-order valence-electron chi connectivity index (χ1n) is 6.29. The van der Waals surface area contributed by atoms with Gasteiger partial charge in [0.15, 0.2) is 0 Å². The number of aliphatic carboxylic acids is 1. The van der Waals surface area contributed by atoms with Crippen molar-refractivity contribution in [3.8, 4) is 0 Å². The number of halogens is 1. The highest BCUT2D eigenvalue weighted by molar-refractivity contribution is 9.10. The summed E-state index contributed by atoms with van der Waals surface area (Å²) < 4.78 is 1.06. The predicted molar refractivity (Wildman–Crippen MR) is 74.6 cm³/mol. The summed E-state index contributed by atoms with van der Waals surface area (Å²) in [5.41, 5.74) is 2.37. The molecule has 0 radical (unpaired) electrons. The van der Waals surface area contributed by atoms with E-state index in [0.29, 0.717) is 0 Å². The molecular weight excluding hydrogens is 294 g/mol. The van der Waals surface area contributed by atoms with Crippen LogP contribution in [0, 0.1) is 6.92 Å². The van der Waals surface area contributed by atoms with Gasteiger partial charge < -0.3 is 5.11 Å². The number of carbonyl (C=O) groups is 1. The van der Waals surface area contributed by atoms with E-state index in [-0.39, 0.29) is 6.04 Å².